The van der Waals surface area contributed by atoms with Gasteiger partial charge in [-0.05, 0) is 24.8 Å². The van der Waals surface area contributed by atoms with Gasteiger partial charge in [0.25, 0.3) is 5.91 Å². The molecule has 1 aromatic rings. The van der Waals surface area contributed by atoms with E-state index in [9.17, 15) is 4.79 Å². The predicted octanol–water partition coefficient (Wildman–Crippen LogP) is 0.512. The summed E-state index contributed by atoms with van der Waals surface area (Å²) in [6.07, 6.45) is 2.60. The Hall–Kier alpha value is -1.43. The molecule has 100 valence electrons. The number of rotatable bonds is 5. The van der Waals surface area contributed by atoms with Crippen LogP contribution in [0.1, 0.15) is 30.8 Å². The quantitative estimate of drug-likeness (QED) is 0.800. The van der Waals surface area contributed by atoms with Crippen LogP contribution in [0.5, 0.6) is 0 Å². The highest BCUT2D eigenvalue weighted by Crippen LogP contribution is 2.16. The lowest BCUT2D eigenvalue weighted by Gasteiger charge is -2.18. The van der Waals surface area contributed by atoms with Crippen LogP contribution in [0.25, 0.3) is 0 Å². The number of H-pyrrole nitrogens is 1. The van der Waals surface area contributed by atoms with Gasteiger partial charge in [-0.15, -0.1) is 0 Å². The van der Waals surface area contributed by atoms with Crippen LogP contribution in [0.2, 0.25) is 0 Å². The summed E-state index contributed by atoms with van der Waals surface area (Å²) < 4.78 is 0. The average Bonchev–Trinajstić information content (AvgIpc) is 2.95. The van der Waals surface area contributed by atoms with E-state index in [2.05, 4.69) is 39.5 Å². The van der Waals surface area contributed by atoms with Crippen molar-refractivity contribution in [1.29, 1.82) is 0 Å². The van der Waals surface area contributed by atoms with Gasteiger partial charge in [-0.1, -0.05) is 13.8 Å². The van der Waals surface area contributed by atoms with Gasteiger partial charge in [0.05, 0.1) is 6.20 Å². The normalized spacial score (nSPS) is 20.5. The molecule has 0 unspecified atom stereocenters. The maximum absolute atomic E-state index is 11.7. The molecule has 2 rings (SSSR count). The van der Waals surface area contributed by atoms with Crippen LogP contribution in [0.3, 0.4) is 0 Å². The van der Waals surface area contributed by atoms with E-state index in [0.29, 0.717) is 17.5 Å². The third-order valence-electron chi connectivity index (χ3n) is 3.19. The summed E-state index contributed by atoms with van der Waals surface area (Å²) >= 11 is 0. The number of aromatic nitrogens is 3. The Morgan fingerprint density at radius 3 is 3.17 bits per heavy atom. The van der Waals surface area contributed by atoms with E-state index in [1.165, 1.54) is 6.20 Å². The molecule has 1 amide bonds. The maximum atomic E-state index is 11.7. The minimum absolute atomic E-state index is 0.147. The molecule has 1 atom stereocenters. The first-order valence-electron chi connectivity index (χ1n) is 6.51. The first-order chi connectivity index (χ1) is 8.65. The van der Waals surface area contributed by atoms with Gasteiger partial charge in [0.1, 0.15) is 0 Å². The second kappa shape index (κ2) is 5.95. The zero-order valence-electron chi connectivity index (χ0n) is 11.0. The molecule has 18 heavy (non-hydrogen) atoms. The van der Waals surface area contributed by atoms with Crippen molar-refractivity contribution in [2.24, 2.45) is 11.8 Å². The Balaban J connectivity index is 1.71. The van der Waals surface area contributed by atoms with Crippen LogP contribution in [0.15, 0.2) is 6.20 Å². The Labute approximate surface area is 107 Å². The summed E-state index contributed by atoms with van der Waals surface area (Å²) in [6.45, 7) is 8.56. The summed E-state index contributed by atoms with van der Waals surface area (Å²) in [6, 6.07) is 0. The van der Waals surface area contributed by atoms with Crippen molar-refractivity contribution in [2.75, 3.05) is 26.2 Å². The molecular formula is C12H21N5O. The van der Waals surface area contributed by atoms with E-state index in [0.717, 1.165) is 32.6 Å². The lowest BCUT2D eigenvalue weighted by atomic mass is 10.1. The van der Waals surface area contributed by atoms with Crippen LogP contribution in [-0.2, 0) is 0 Å². The van der Waals surface area contributed by atoms with Crippen molar-refractivity contribution < 1.29 is 4.79 Å². The van der Waals surface area contributed by atoms with Gasteiger partial charge in [-0.3, -0.25) is 4.79 Å². The highest BCUT2D eigenvalue weighted by Gasteiger charge is 2.23. The maximum Gasteiger partial charge on any atom is 0.273 e. The number of amides is 1. The van der Waals surface area contributed by atoms with Crippen LogP contribution in [-0.4, -0.2) is 52.4 Å². The molecule has 1 aliphatic rings. The predicted molar refractivity (Wildman–Crippen MR) is 68.1 cm³/mol. The molecule has 0 spiro atoms. The molecule has 6 heteroatoms. The summed E-state index contributed by atoms with van der Waals surface area (Å²) in [5.74, 6) is 1.11. The monoisotopic (exact) mass is 251 g/mol. The smallest absolute Gasteiger partial charge is 0.273 e. The van der Waals surface area contributed by atoms with Gasteiger partial charge in [-0.25, -0.2) is 0 Å². The number of nitrogens with zero attached hydrogens (tertiary/aromatic N) is 3. The molecule has 0 aliphatic carbocycles. The number of hydrogen-bond acceptors (Lipinski definition) is 4. The molecule has 0 aromatic carbocycles. The van der Waals surface area contributed by atoms with Crippen molar-refractivity contribution in [3.05, 3.63) is 11.9 Å². The molecular weight excluding hydrogens is 230 g/mol. The van der Waals surface area contributed by atoms with Crippen LogP contribution in [0.4, 0.5) is 0 Å². The van der Waals surface area contributed by atoms with Crippen molar-refractivity contribution in [1.82, 2.24) is 25.6 Å². The van der Waals surface area contributed by atoms with Crippen molar-refractivity contribution in [2.45, 2.75) is 20.3 Å². The molecule has 1 fully saturated rings. The van der Waals surface area contributed by atoms with E-state index in [-0.39, 0.29) is 5.91 Å². The van der Waals surface area contributed by atoms with Gasteiger partial charge in [-0.2, -0.15) is 15.4 Å². The first kappa shape index (κ1) is 13.0. The molecule has 0 saturated carbocycles. The van der Waals surface area contributed by atoms with Gasteiger partial charge >= 0.3 is 0 Å². The SMILES string of the molecule is CC(C)CN1CC[C@@H](CNC(=O)c2cn[nH]n2)C1. The largest absolute Gasteiger partial charge is 0.350 e. The Bertz CT molecular complexity index is 376. The first-order valence-corrected chi connectivity index (χ1v) is 6.51. The fraction of sp³-hybridized carbons (Fsp3) is 0.750. The van der Waals surface area contributed by atoms with Gasteiger partial charge < -0.3 is 10.2 Å². The highest BCUT2D eigenvalue weighted by molar-refractivity contribution is 5.91. The fourth-order valence-corrected chi connectivity index (χ4v) is 2.40. The van der Waals surface area contributed by atoms with E-state index < -0.39 is 0 Å². The zero-order chi connectivity index (χ0) is 13.0. The van der Waals surface area contributed by atoms with Gasteiger partial charge in [0.15, 0.2) is 5.69 Å². The minimum atomic E-state index is -0.147. The van der Waals surface area contributed by atoms with E-state index in [1.54, 1.807) is 0 Å². The number of likely N-dealkylation sites (tertiary alicyclic amines) is 1. The average molecular weight is 251 g/mol. The number of carbonyl (C=O) groups is 1. The van der Waals surface area contributed by atoms with Crippen LogP contribution < -0.4 is 5.32 Å². The zero-order valence-corrected chi connectivity index (χ0v) is 11.0. The van der Waals surface area contributed by atoms with E-state index in [4.69, 9.17) is 0 Å². The van der Waals surface area contributed by atoms with Gasteiger partial charge in [0.2, 0.25) is 0 Å². The third-order valence-corrected chi connectivity index (χ3v) is 3.19. The molecule has 6 nitrogen and oxygen atoms in total. The standard InChI is InChI=1S/C12H21N5O/c1-9(2)7-17-4-3-10(8-17)5-13-12(18)11-6-14-16-15-11/h6,9-10H,3-5,7-8H2,1-2H3,(H,13,18)(H,14,15,16)/t10-/m0/s1. The Morgan fingerprint density at radius 1 is 1.67 bits per heavy atom. The highest BCUT2D eigenvalue weighted by atomic mass is 16.1. The topological polar surface area (TPSA) is 73.9 Å². The van der Waals surface area contributed by atoms with E-state index in [1.807, 2.05) is 0 Å². The second-order valence-corrected chi connectivity index (χ2v) is 5.37. The van der Waals surface area contributed by atoms with Crippen LogP contribution >= 0.6 is 0 Å². The number of aromatic amines is 1. The number of carbonyl (C=O) groups excluding carboxylic acids is 1. The molecule has 1 aliphatic heterocycles. The summed E-state index contributed by atoms with van der Waals surface area (Å²) in [5, 5.41) is 12.7. The molecule has 0 bridgehead atoms. The lowest BCUT2D eigenvalue weighted by Crippen LogP contribution is -2.32. The summed E-state index contributed by atoms with van der Waals surface area (Å²) in [5.41, 5.74) is 0.354. The Kier molecular flexibility index (Phi) is 4.30. The molecule has 2 heterocycles. The summed E-state index contributed by atoms with van der Waals surface area (Å²) in [4.78, 5) is 14.1. The van der Waals surface area contributed by atoms with Crippen molar-refractivity contribution >= 4 is 5.91 Å². The van der Waals surface area contributed by atoms with Crippen LogP contribution in [0, 0.1) is 11.8 Å². The lowest BCUT2D eigenvalue weighted by molar-refractivity contribution is 0.0942. The third kappa shape index (κ3) is 3.53. The second-order valence-electron chi connectivity index (χ2n) is 5.37. The fourth-order valence-electron chi connectivity index (χ4n) is 2.40. The summed E-state index contributed by atoms with van der Waals surface area (Å²) in [7, 11) is 0. The van der Waals surface area contributed by atoms with Crippen molar-refractivity contribution in [3.63, 3.8) is 0 Å². The van der Waals surface area contributed by atoms with E-state index >= 15 is 0 Å². The number of nitrogens with one attached hydrogen (secondary N) is 2. The number of hydrogen-bond donors (Lipinski definition) is 2. The van der Waals surface area contributed by atoms with Crippen molar-refractivity contribution in [3.8, 4) is 0 Å². The molecule has 1 aromatic heterocycles. The molecule has 2 N–H and O–H groups in total. The Morgan fingerprint density at radius 2 is 2.50 bits per heavy atom. The molecule has 0 radical (unpaired) electrons. The van der Waals surface area contributed by atoms with Gasteiger partial charge in [0, 0.05) is 19.6 Å². The molecule has 1 saturated heterocycles. The minimum Gasteiger partial charge on any atom is -0.350 e.